The molecular weight excluding hydrogens is 360 g/mol. The average molecular weight is 382 g/mol. The van der Waals surface area contributed by atoms with Crippen molar-refractivity contribution in [2.24, 2.45) is 0 Å². The minimum absolute atomic E-state index is 0. The van der Waals surface area contributed by atoms with Crippen molar-refractivity contribution < 1.29 is 22.4 Å². The monoisotopic (exact) mass is 382 g/mol. The molecule has 0 saturated heterocycles. The normalized spacial score (nSPS) is 11.7. The summed E-state index contributed by atoms with van der Waals surface area (Å²) in [6, 6.07) is 0. The molecule has 2 heteroatoms. The Morgan fingerprint density at radius 1 is 0.846 bits per heavy atom. The van der Waals surface area contributed by atoms with Crippen molar-refractivity contribution in [1.82, 2.24) is 0 Å². The van der Waals surface area contributed by atoms with Crippen LogP contribution in [-0.4, -0.2) is 17.0 Å². The van der Waals surface area contributed by atoms with E-state index in [1.54, 1.807) is 0 Å². The van der Waals surface area contributed by atoms with Gasteiger partial charge in [0.15, 0.2) is 0 Å². The fourth-order valence-electron chi connectivity index (χ4n) is 2.24. The zero-order valence-electron chi connectivity index (χ0n) is 9.56. The third-order valence-corrected chi connectivity index (χ3v) is 8.36. The molecule has 0 aliphatic rings. The van der Waals surface area contributed by atoms with Crippen LogP contribution in [0, 0.1) is 12.1 Å². The van der Waals surface area contributed by atoms with Crippen LogP contribution < -0.4 is 0 Å². The Balaban J connectivity index is 0. The van der Waals surface area contributed by atoms with Crippen molar-refractivity contribution in [2.45, 2.75) is 58.5 Å². The fraction of sp³-hybridized carbons (Fsp3) is 0.818. The predicted molar refractivity (Wildman–Crippen MR) is 61.2 cm³/mol. The van der Waals surface area contributed by atoms with Gasteiger partial charge in [0.1, 0.15) is 0 Å². The zero-order chi connectivity index (χ0) is 9.94. The molecule has 0 rings (SSSR count). The summed E-state index contributed by atoms with van der Waals surface area (Å²) >= 11 is 0. The van der Waals surface area contributed by atoms with Gasteiger partial charge in [-0.3, -0.25) is 0 Å². The van der Waals surface area contributed by atoms with Crippen molar-refractivity contribution >= 4 is 7.26 Å². The van der Waals surface area contributed by atoms with E-state index in [0.717, 1.165) is 0 Å². The molecule has 0 unspecified atom stereocenters. The molecule has 0 fully saturated rings. The van der Waals surface area contributed by atoms with Crippen molar-refractivity contribution in [2.75, 3.05) is 0 Å². The summed E-state index contributed by atoms with van der Waals surface area (Å²) in [7, 11) is -1.17. The minimum atomic E-state index is -1.17. The van der Waals surface area contributed by atoms with Crippen LogP contribution in [0.15, 0.2) is 0 Å². The molecule has 13 heavy (non-hydrogen) atoms. The summed E-state index contributed by atoms with van der Waals surface area (Å²) in [5.74, 6) is 0. The van der Waals surface area contributed by atoms with Gasteiger partial charge in [0.2, 0.25) is 0 Å². The second kappa shape index (κ2) is 6.26. The molecule has 0 spiro atoms. The topological polar surface area (TPSA) is 0 Å². The predicted octanol–water partition coefficient (Wildman–Crippen LogP) is 3.82. The second-order valence-electron chi connectivity index (χ2n) is 4.24. The van der Waals surface area contributed by atoms with Gasteiger partial charge in [-0.15, -0.1) is 0 Å². The van der Waals surface area contributed by atoms with Gasteiger partial charge in [-0.05, 0) is 41.5 Å². The van der Waals surface area contributed by atoms with E-state index in [9.17, 15) is 0 Å². The molecule has 0 saturated carbocycles. The maximum Gasteiger partial charge on any atom is 0.0990 e. The van der Waals surface area contributed by atoms with Gasteiger partial charge in [-0.25, -0.2) is 0 Å². The van der Waals surface area contributed by atoms with Crippen LogP contribution >= 0.6 is 7.26 Å². The number of rotatable bonds is 3. The maximum atomic E-state index is 5.71. The average Bonchev–Trinajstić information content (AvgIpc) is 1.86. The SMILES string of the molecule is C#C[P+](C(C)C)(C(C)C)C(C)C.[Au]. The van der Waals surface area contributed by atoms with E-state index in [0.29, 0.717) is 17.0 Å². The third kappa shape index (κ3) is 3.10. The molecule has 0 aromatic heterocycles. The van der Waals surface area contributed by atoms with E-state index in [4.69, 9.17) is 6.42 Å². The molecule has 0 N–H and O–H groups in total. The van der Waals surface area contributed by atoms with Crippen molar-refractivity contribution in [3.63, 3.8) is 0 Å². The molecule has 1 radical (unpaired) electrons. The summed E-state index contributed by atoms with van der Waals surface area (Å²) < 4.78 is 0. The van der Waals surface area contributed by atoms with Gasteiger partial charge < -0.3 is 0 Å². The molecule has 0 bridgehead atoms. The van der Waals surface area contributed by atoms with Crippen molar-refractivity contribution in [3.05, 3.63) is 0 Å². The Kier molecular flexibility index (Phi) is 7.78. The largest absolute Gasteiger partial charge is 0.0990 e. The van der Waals surface area contributed by atoms with E-state index in [2.05, 4.69) is 47.2 Å². The van der Waals surface area contributed by atoms with E-state index in [1.165, 1.54) is 0 Å². The molecule has 0 atom stereocenters. The summed E-state index contributed by atoms with van der Waals surface area (Å²) in [6.45, 7) is 13.6. The quantitative estimate of drug-likeness (QED) is 0.396. The molecule has 0 heterocycles. The first-order valence-electron chi connectivity index (χ1n) is 4.75. The van der Waals surface area contributed by atoms with Crippen molar-refractivity contribution in [1.29, 1.82) is 0 Å². The molecule has 81 valence electrons. The van der Waals surface area contributed by atoms with Gasteiger partial charge in [0.05, 0.1) is 29.9 Å². The molecule has 0 amide bonds. The summed E-state index contributed by atoms with van der Waals surface area (Å²) in [4.78, 5) is 0. The van der Waals surface area contributed by atoms with Crippen LogP contribution in [0.1, 0.15) is 41.5 Å². The van der Waals surface area contributed by atoms with Gasteiger partial charge in [-0.2, -0.15) is 0 Å². The second-order valence-corrected chi connectivity index (χ2v) is 9.27. The van der Waals surface area contributed by atoms with Crippen LogP contribution in [0.25, 0.3) is 0 Å². The Labute approximate surface area is 100 Å². The van der Waals surface area contributed by atoms with E-state index >= 15 is 0 Å². The smallest absolute Gasteiger partial charge is 0.0768 e. The van der Waals surface area contributed by atoms with Crippen LogP contribution in [0.2, 0.25) is 0 Å². The van der Waals surface area contributed by atoms with Gasteiger partial charge in [-0.1, -0.05) is 6.42 Å². The molecule has 0 aromatic rings. The third-order valence-electron chi connectivity index (χ3n) is 2.79. The summed E-state index contributed by atoms with van der Waals surface area (Å²) in [5, 5.41) is 0. The zero-order valence-corrected chi connectivity index (χ0v) is 12.6. The first-order chi connectivity index (χ1) is 5.39. The van der Waals surface area contributed by atoms with Crippen LogP contribution in [0.4, 0.5) is 0 Å². The van der Waals surface area contributed by atoms with Gasteiger partial charge >= 0.3 is 0 Å². The molecule has 0 aliphatic carbocycles. The van der Waals surface area contributed by atoms with Gasteiger partial charge in [0.25, 0.3) is 0 Å². The summed E-state index contributed by atoms with van der Waals surface area (Å²) in [6.07, 6.45) is 5.71. The maximum absolute atomic E-state index is 5.71. The van der Waals surface area contributed by atoms with E-state index in [-0.39, 0.29) is 22.4 Å². The first kappa shape index (κ1) is 16.2. The summed E-state index contributed by atoms with van der Waals surface area (Å²) in [5.41, 5.74) is 5.13. The Morgan fingerprint density at radius 2 is 1.08 bits per heavy atom. The molecular formula is C11H22AuP+. The van der Waals surface area contributed by atoms with Crippen molar-refractivity contribution in [3.8, 4) is 12.1 Å². The number of terminal acetylenes is 1. The Morgan fingerprint density at radius 3 is 1.08 bits per heavy atom. The van der Waals surface area contributed by atoms with E-state index < -0.39 is 7.26 Å². The number of hydrogen-bond donors (Lipinski definition) is 0. The Hall–Kier alpha value is 0.730. The number of hydrogen-bond acceptors (Lipinski definition) is 0. The molecule has 0 aliphatic heterocycles. The van der Waals surface area contributed by atoms with Crippen LogP contribution in [0.5, 0.6) is 0 Å². The van der Waals surface area contributed by atoms with E-state index in [1.807, 2.05) is 0 Å². The fourth-order valence-corrected chi connectivity index (χ4v) is 6.71. The standard InChI is InChI=1S/C11H22P.Au/c1-8-12(9(2)3,10(4)5)11(6)7;/h1,9-11H,2-7H3;/q+1;. The Bertz CT molecular complexity index is 155. The van der Waals surface area contributed by atoms with Gasteiger partial charge in [0, 0.05) is 22.4 Å². The molecule has 0 aromatic carbocycles. The first-order valence-corrected chi connectivity index (χ1v) is 6.75. The minimum Gasteiger partial charge on any atom is -0.0768 e. The van der Waals surface area contributed by atoms with Crippen LogP contribution in [0.3, 0.4) is 0 Å². The van der Waals surface area contributed by atoms with Crippen LogP contribution in [-0.2, 0) is 22.4 Å². The molecule has 0 nitrogen and oxygen atoms in total.